The van der Waals surface area contributed by atoms with Gasteiger partial charge in [-0.25, -0.2) is 13.2 Å². The molecule has 7 heteroatoms. The predicted molar refractivity (Wildman–Crippen MR) is 69.2 cm³/mol. The standard InChI is InChI=1S/C12H13F3N2OS/c1-6(11(16)19)5-17(2)12(18)7-3-8(13)10(15)9(14)4-7/h3-4,6H,5H2,1-2H3,(H2,16,19). The molecule has 0 bridgehead atoms. The molecular weight excluding hydrogens is 277 g/mol. The molecule has 1 aromatic rings. The van der Waals surface area contributed by atoms with Gasteiger partial charge in [-0.3, -0.25) is 4.79 Å². The molecular formula is C12H13F3N2OS. The summed E-state index contributed by atoms with van der Waals surface area (Å²) < 4.78 is 38.8. The predicted octanol–water partition coefficient (Wildman–Crippen LogP) is 2.10. The first-order chi connectivity index (χ1) is 8.73. The third-order valence-electron chi connectivity index (χ3n) is 2.61. The molecule has 2 N–H and O–H groups in total. The van der Waals surface area contributed by atoms with E-state index in [1.54, 1.807) is 6.92 Å². The highest BCUT2D eigenvalue weighted by atomic mass is 32.1. The van der Waals surface area contributed by atoms with Crippen LogP contribution in [0.25, 0.3) is 0 Å². The molecule has 3 nitrogen and oxygen atoms in total. The van der Waals surface area contributed by atoms with Crippen molar-refractivity contribution in [2.45, 2.75) is 6.92 Å². The van der Waals surface area contributed by atoms with Crippen molar-refractivity contribution in [1.29, 1.82) is 0 Å². The average Bonchev–Trinajstić information content (AvgIpc) is 2.33. The average molecular weight is 290 g/mol. The molecule has 0 heterocycles. The van der Waals surface area contributed by atoms with Gasteiger partial charge in [-0.1, -0.05) is 19.1 Å². The van der Waals surface area contributed by atoms with Crippen molar-refractivity contribution < 1.29 is 18.0 Å². The van der Waals surface area contributed by atoms with E-state index in [1.807, 2.05) is 0 Å². The summed E-state index contributed by atoms with van der Waals surface area (Å²) in [6, 6.07) is 1.31. The molecule has 19 heavy (non-hydrogen) atoms. The SMILES string of the molecule is CC(CN(C)C(=O)c1cc(F)c(F)c(F)c1)C(N)=S. The van der Waals surface area contributed by atoms with E-state index in [-0.39, 0.29) is 23.0 Å². The maximum absolute atomic E-state index is 13.0. The number of benzene rings is 1. The largest absolute Gasteiger partial charge is 0.393 e. The number of carbonyl (C=O) groups is 1. The summed E-state index contributed by atoms with van der Waals surface area (Å²) in [6.07, 6.45) is 0. The molecule has 104 valence electrons. The van der Waals surface area contributed by atoms with Crippen LogP contribution in [0.3, 0.4) is 0 Å². The Morgan fingerprint density at radius 1 is 1.37 bits per heavy atom. The molecule has 0 saturated carbocycles. The van der Waals surface area contributed by atoms with Crippen LogP contribution >= 0.6 is 12.2 Å². The van der Waals surface area contributed by atoms with Crippen molar-refractivity contribution in [3.8, 4) is 0 Å². The van der Waals surface area contributed by atoms with E-state index in [0.717, 1.165) is 0 Å². The summed E-state index contributed by atoms with van der Waals surface area (Å²) in [5, 5.41) is 0. The molecule has 0 saturated heterocycles. The first-order valence-electron chi connectivity index (χ1n) is 5.43. The van der Waals surface area contributed by atoms with Crippen LogP contribution < -0.4 is 5.73 Å². The third-order valence-corrected chi connectivity index (χ3v) is 3.01. The Labute approximate surface area is 114 Å². The molecule has 0 aromatic heterocycles. The maximum Gasteiger partial charge on any atom is 0.253 e. The van der Waals surface area contributed by atoms with E-state index < -0.39 is 23.4 Å². The van der Waals surface area contributed by atoms with Gasteiger partial charge >= 0.3 is 0 Å². The highest BCUT2D eigenvalue weighted by Gasteiger charge is 2.19. The number of rotatable bonds is 4. The molecule has 0 radical (unpaired) electrons. The normalized spacial score (nSPS) is 12.1. The Bertz CT molecular complexity index is 499. The minimum atomic E-state index is -1.60. The van der Waals surface area contributed by atoms with Gasteiger partial charge in [-0.05, 0) is 12.1 Å². The number of amides is 1. The zero-order chi connectivity index (χ0) is 14.7. The van der Waals surface area contributed by atoms with Gasteiger partial charge in [0.1, 0.15) is 0 Å². The van der Waals surface area contributed by atoms with Crippen LogP contribution in [0, 0.1) is 23.4 Å². The fraction of sp³-hybridized carbons (Fsp3) is 0.333. The minimum Gasteiger partial charge on any atom is -0.393 e. The van der Waals surface area contributed by atoms with Crippen LogP contribution in [-0.2, 0) is 0 Å². The van der Waals surface area contributed by atoms with Crippen molar-refractivity contribution >= 4 is 23.1 Å². The second-order valence-electron chi connectivity index (χ2n) is 4.24. The second-order valence-corrected chi connectivity index (χ2v) is 4.71. The summed E-state index contributed by atoms with van der Waals surface area (Å²) in [5.41, 5.74) is 5.15. The Morgan fingerprint density at radius 3 is 2.26 bits per heavy atom. The van der Waals surface area contributed by atoms with E-state index in [9.17, 15) is 18.0 Å². The first-order valence-corrected chi connectivity index (χ1v) is 5.84. The van der Waals surface area contributed by atoms with Gasteiger partial charge in [0.25, 0.3) is 5.91 Å². The van der Waals surface area contributed by atoms with Crippen molar-refractivity contribution in [2.24, 2.45) is 11.7 Å². The van der Waals surface area contributed by atoms with Crippen molar-refractivity contribution in [3.05, 3.63) is 35.1 Å². The second kappa shape index (κ2) is 6.01. The van der Waals surface area contributed by atoms with Crippen LogP contribution in [-0.4, -0.2) is 29.4 Å². The quantitative estimate of drug-likeness (QED) is 0.682. The van der Waals surface area contributed by atoms with Gasteiger partial charge in [0, 0.05) is 25.1 Å². The van der Waals surface area contributed by atoms with Crippen LogP contribution in [0.1, 0.15) is 17.3 Å². The molecule has 1 atom stereocenters. The van der Waals surface area contributed by atoms with Crippen molar-refractivity contribution in [2.75, 3.05) is 13.6 Å². The molecule has 0 aliphatic heterocycles. The Kier molecular flexibility index (Phi) is 4.88. The monoisotopic (exact) mass is 290 g/mol. The van der Waals surface area contributed by atoms with Crippen LogP contribution in [0.5, 0.6) is 0 Å². The first kappa shape index (κ1) is 15.4. The fourth-order valence-electron chi connectivity index (χ4n) is 1.48. The summed E-state index contributed by atoms with van der Waals surface area (Å²) in [5.74, 6) is -5.28. The number of hydrogen-bond donors (Lipinski definition) is 1. The maximum atomic E-state index is 13.0. The summed E-state index contributed by atoms with van der Waals surface area (Å²) in [7, 11) is 1.44. The molecule has 0 fully saturated rings. The van der Waals surface area contributed by atoms with Crippen LogP contribution in [0.2, 0.25) is 0 Å². The van der Waals surface area contributed by atoms with Gasteiger partial charge in [0.05, 0.1) is 4.99 Å². The number of carbonyl (C=O) groups excluding carboxylic acids is 1. The topological polar surface area (TPSA) is 46.3 Å². The van der Waals surface area contributed by atoms with Gasteiger partial charge in [-0.15, -0.1) is 0 Å². The van der Waals surface area contributed by atoms with E-state index >= 15 is 0 Å². The zero-order valence-corrected chi connectivity index (χ0v) is 11.2. The highest BCUT2D eigenvalue weighted by Crippen LogP contribution is 2.15. The molecule has 1 aromatic carbocycles. The molecule has 1 rings (SSSR count). The zero-order valence-electron chi connectivity index (χ0n) is 10.4. The van der Waals surface area contributed by atoms with Gasteiger partial charge < -0.3 is 10.6 Å². The van der Waals surface area contributed by atoms with Crippen LogP contribution in [0.15, 0.2) is 12.1 Å². The smallest absolute Gasteiger partial charge is 0.253 e. The minimum absolute atomic E-state index is 0.203. The lowest BCUT2D eigenvalue weighted by Gasteiger charge is -2.21. The highest BCUT2D eigenvalue weighted by molar-refractivity contribution is 7.80. The van der Waals surface area contributed by atoms with Crippen molar-refractivity contribution in [3.63, 3.8) is 0 Å². The molecule has 1 amide bonds. The third kappa shape index (κ3) is 3.66. The summed E-state index contributed by atoms with van der Waals surface area (Å²) >= 11 is 4.77. The van der Waals surface area contributed by atoms with E-state index in [2.05, 4.69) is 0 Å². The van der Waals surface area contributed by atoms with Crippen molar-refractivity contribution in [1.82, 2.24) is 4.90 Å². The lowest BCUT2D eigenvalue weighted by atomic mass is 10.1. The van der Waals surface area contributed by atoms with Crippen LogP contribution in [0.4, 0.5) is 13.2 Å². The molecule has 0 spiro atoms. The van der Waals surface area contributed by atoms with E-state index in [1.165, 1.54) is 11.9 Å². The van der Waals surface area contributed by atoms with Gasteiger partial charge in [0.2, 0.25) is 0 Å². The lowest BCUT2D eigenvalue weighted by molar-refractivity contribution is 0.0785. The van der Waals surface area contributed by atoms with Gasteiger partial charge in [0.15, 0.2) is 17.5 Å². The Balaban J connectivity index is 2.91. The Hall–Kier alpha value is -1.63. The summed E-state index contributed by atoms with van der Waals surface area (Å²) in [4.78, 5) is 13.4. The van der Waals surface area contributed by atoms with Gasteiger partial charge in [-0.2, -0.15) is 0 Å². The number of nitrogens with two attached hydrogens (primary N) is 1. The lowest BCUT2D eigenvalue weighted by Crippen LogP contribution is -2.35. The number of thiocarbonyl (C=S) groups is 1. The number of halogens is 3. The molecule has 0 aliphatic carbocycles. The van der Waals surface area contributed by atoms with E-state index in [0.29, 0.717) is 12.1 Å². The molecule has 1 unspecified atom stereocenters. The molecule has 0 aliphatic rings. The van der Waals surface area contributed by atoms with E-state index in [4.69, 9.17) is 18.0 Å². The number of hydrogen-bond acceptors (Lipinski definition) is 2. The number of nitrogens with zero attached hydrogens (tertiary/aromatic N) is 1. The fourth-order valence-corrected chi connectivity index (χ4v) is 1.56. The Morgan fingerprint density at radius 2 is 1.84 bits per heavy atom. The summed E-state index contributed by atoms with van der Waals surface area (Å²) in [6.45, 7) is 1.92.